The Balaban J connectivity index is 1.40. The SMILES string of the molecule is CCCC1CCC(c2ccc(CCOCc3ccccc3)cc2)CC1. The Hall–Kier alpha value is -1.60. The van der Waals surface area contributed by atoms with Crippen molar-refractivity contribution in [3.8, 4) is 0 Å². The molecule has 2 aromatic carbocycles. The average molecular weight is 337 g/mol. The molecule has 1 nitrogen and oxygen atoms in total. The monoisotopic (exact) mass is 336 g/mol. The highest BCUT2D eigenvalue weighted by molar-refractivity contribution is 5.26. The van der Waals surface area contributed by atoms with Crippen LogP contribution in [-0.2, 0) is 17.8 Å². The summed E-state index contributed by atoms with van der Waals surface area (Å²) in [6, 6.07) is 19.7. The van der Waals surface area contributed by atoms with E-state index in [1.165, 1.54) is 49.7 Å². The summed E-state index contributed by atoms with van der Waals surface area (Å²) in [6.45, 7) is 3.81. The van der Waals surface area contributed by atoms with Crippen molar-refractivity contribution in [2.75, 3.05) is 6.61 Å². The Morgan fingerprint density at radius 2 is 1.56 bits per heavy atom. The summed E-state index contributed by atoms with van der Waals surface area (Å²) in [6.07, 6.45) is 9.37. The molecule has 0 spiro atoms. The van der Waals surface area contributed by atoms with Crippen molar-refractivity contribution in [3.63, 3.8) is 0 Å². The van der Waals surface area contributed by atoms with Crippen molar-refractivity contribution in [2.24, 2.45) is 5.92 Å². The van der Waals surface area contributed by atoms with Crippen LogP contribution >= 0.6 is 0 Å². The lowest BCUT2D eigenvalue weighted by Gasteiger charge is -2.28. The minimum Gasteiger partial charge on any atom is -0.376 e. The Morgan fingerprint density at radius 1 is 0.840 bits per heavy atom. The molecular weight excluding hydrogens is 304 g/mol. The van der Waals surface area contributed by atoms with Gasteiger partial charge in [-0.15, -0.1) is 0 Å². The fourth-order valence-corrected chi connectivity index (χ4v) is 4.10. The molecule has 0 unspecified atom stereocenters. The lowest BCUT2D eigenvalue weighted by Crippen LogP contribution is -2.13. The van der Waals surface area contributed by atoms with E-state index < -0.39 is 0 Å². The highest BCUT2D eigenvalue weighted by Crippen LogP contribution is 2.37. The Morgan fingerprint density at radius 3 is 2.24 bits per heavy atom. The molecule has 1 fully saturated rings. The first kappa shape index (κ1) is 18.2. The smallest absolute Gasteiger partial charge is 0.0717 e. The zero-order valence-electron chi connectivity index (χ0n) is 15.6. The van der Waals surface area contributed by atoms with Crippen molar-refractivity contribution >= 4 is 0 Å². The predicted molar refractivity (Wildman–Crippen MR) is 106 cm³/mol. The lowest BCUT2D eigenvalue weighted by molar-refractivity contribution is 0.124. The van der Waals surface area contributed by atoms with Crippen LogP contribution in [0.5, 0.6) is 0 Å². The van der Waals surface area contributed by atoms with Gasteiger partial charge in [0.1, 0.15) is 0 Å². The number of rotatable bonds is 8. The maximum atomic E-state index is 5.80. The Labute approximate surface area is 153 Å². The molecule has 0 atom stereocenters. The third kappa shape index (κ3) is 5.71. The van der Waals surface area contributed by atoms with Crippen LogP contribution in [0.15, 0.2) is 54.6 Å². The molecule has 2 aromatic rings. The second-order valence-corrected chi connectivity index (χ2v) is 7.54. The second kappa shape index (κ2) is 9.77. The topological polar surface area (TPSA) is 9.23 Å². The van der Waals surface area contributed by atoms with Gasteiger partial charge in [0, 0.05) is 0 Å². The molecule has 0 N–H and O–H groups in total. The first-order valence-corrected chi connectivity index (χ1v) is 10.1. The summed E-state index contributed by atoms with van der Waals surface area (Å²) >= 11 is 0. The highest BCUT2D eigenvalue weighted by atomic mass is 16.5. The largest absolute Gasteiger partial charge is 0.376 e. The van der Waals surface area contributed by atoms with Crippen LogP contribution < -0.4 is 0 Å². The first-order valence-electron chi connectivity index (χ1n) is 10.1. The summed E-state index contributed by atoms with van der Waals surface area (Å²) in [5.41, 5.74) is 4.18. The third-order valence-corrected chi connectivity index (χ3v) is 5.64. The third-order valence-electron chi connectivity index (χ3n) is 5.64. The van der Waals surface area contributed by atoms with Crippen molar-refractivity contribution in [3.05, 3.63) is 71.3 Å². The van der Waals surface area contributed by atoms with E-state index in [4.69, 9.17) is 4.74 Å². The average Bonchev–Trinajstić information content (AvgIpc) is 2.68. The summed E-state index contributed by atoms with van der Waals surface area (Å²) < 4.78 is 5.80. The number of ether oxygens (including phenoxy) is 1. The zero-order chi connectivity index (χ0) is 17.3. The fourth-order valence-electron chi connectivity index (χ4n) is 4.10. The van der Waals surface area contributed by atoms with Gasteiger partial charge < -0.3 is 4.74 Å². The van der Waals surface area contributed by atoms with Gasteiger partial charge in [0.2, 0.25) is 0 Å². The quantitative estimate of drug-likeness (QED) is 0.499. The molecule has 1 saturated carbocycles. The molecule has 0 amide bonds. The molecule has 0 heterocycles. The van der Waals surface area contributed by atoms with Crippen molar-refractivity contribution in [1.82, 2.24) is 0 Å². The Kier molecular flexibility index (Phi) is 7.11. The van der Waals surface area contributed by atoms with E-state index in [2.05, 4.69) is 55.5 Å². The number of hydrogen-bond acceptors (Lipinski definition) is 1. The Bertz CT molecular complexity index is 594. The van der Waals surface area contributed by atoms with Crippen LogP contribution in [-0.4, -0.2) is 6.61 Å². The van der Waals surface area contributed by atoms with Gasteiger partial charge in [-0.2, -0.15) is 0 Å². The van der Waals surface area contributed by atoms with Crippen LogP contribution in [0.1, 0.15) is 68.1 Å². The van der Waals surface area contributed by atoms with Crippen LogP contribution in [0.3, 0.4) is 0 Å². The molecule has 0 aliphatic heterocycles. The number of benzene rings is 2. The van der Waals surface area contributed by atoms with Crippen LogP contribution in [0, 0.1) is 5.92 Å². The van der Waals surface area contributed by atoms with Gasteiger partial charge in [-0.25, -0.2) is 0 Å². The van der Waals surface area contributed by atoms with Crippen LogP contribution in [0.25, 0.3) is 0 Å². The van der Waals surface area contributed by atoms with Crippen LogP contribution in [0.2, 0.25) is 0 Å². The molecule has 0 bridgehead atoms. The van der Waals surface area contributed by atoms with Gasteiger partial charge in [0.05, 0.1) is 13.2 Å². The predicted octanol–water partition coefficient (Wildman–Crippen LogP) is 6.52. The van der Waals surface area contributed by atoms with Crippen molar-refractivity contribution in [1.29, 1.82) is 0 Å². The highest BCUT2D eigenvalue weighted by Gasteiger charge is 2.21. The summed E-state index contributed by atoms with van der Waals surface area (Å²) in [5, 5.41) is 0. The molecular formula is C24H32O. The van der Waals surface area contributed by atoms with Crippen molar-refractivity contribution in [2.45, 2.75) is 64.4 Å². The van der Waals surface area contributed by atoms with Gasteiger partial charge in [0.15, 0.2) is 0 Å². The van der Waals surface area contributed by atoms with E-state index in [1.807, 2.05) is 6.07 Å². The summed E-state index contributed by atoms with van der Waals surface area (Å²) in [5.74, 6) is 1.78. The van der Waals surface area contributed by atoms with Gasteiger partial charge in [0.25, 0.3) is 0 Å². The second-order valence-electron chi connectivity index (χ2n) is 7.54. The van der Waals surface area contributed by atoms with E-state index in [-0.39, 0.29) is 0 Å². The number of hydrogen-bond donors (Lipinski definition) is 0. The molecule has 25 heavy (non-hydrogen) atoms. The fraction of sp³-hybridized carbons (Fsp3) is 0.500. The van der Waals surface area contributed by atoms with Gasteiger partial charge in [-0.3, -0.25) is 0 Å². The summed E-state index contributed by atoms with van der Waals surface area (Å²) in [4.78, 5) is 0. The molecule has 0 radical (unpaired) electrons. The van der Waals surface area contributed by atoms with Gasteiger partial charge in [-0.1, -0.05) is 74.4 Å². The lowest BCUT2D eigenvalue weighted by atomic mass is 9.77. The molecule has 0 saturated heterocycles. The molecule has 0 aromatic heterocycles. The van der Waals surface area contributed by atoms with E-state index in [9.17, 15) is 0 Å². The minimum atomic E-state index is 0.708. The first-order chi connectivity index (χ1) is 12.3. The van der Waals surface area contributed by atoms with E-state index in [1.54, 1.807) is 5.56 Å². The molecule has 3 rings (SSSR count). The van der Waals surface area contributed by atoms with Gasteiger partial charge >= 0.3 is 0 Å². The minimum absolute atomic E-state index is 0.708. The molecule has 1 heteroatoms. The zero-order valence-corrected chi connectivity index (χ0v) is 15.6. The maximum absolute atomic E-state index is 5.80. The summed E-state index contributed by atoms with van der Waals surface area (Å²) in [7, 11) is 0. The molecule has 134 valence electrons. The molecule has 1 aliphatic rings. The molecule has 1 aliphatic carbocycles. The van der Waals surface area contributed by atoms with Crippen LogP contribution in [0.4, 0.5) is 0 Å². The normalized spacial score (nSPS) is 20.5. The van der Waals surface area contributed by atoms with Crippen molar-refractivity contribution < 1.29 is 4.74 Å². The van der Waals surface area contributed by atoms with E-state index in [0.29, 0.717) is 6.61 Å². The standard InChI is InChI=1S/C24H32O/c1-2-6-20-9-13-23(14-10-20)24-15-11-21(12-16-24)17-18-25-19-22-7-4-3-5-8-22/h3-5,7-8,11-12,15-16,20,23H,2,6,9-10,13-14,17-19H2,1H3. The van der Waals surface area contributed by atoms with E-state index in [0.717, 1.165) is 24.9 Å². The van der Waals surface area contributed by atoms with Gasteiger partial charge in [-0.05, 0) is 60.6 Å². The van der Waals surface area contributed by atoms with E-state index >= 15 is 0 Å². The maximum Gasteiger partial charge on any atom is 0.0717 e.